The van der Waals surface area contributed by atoms with Crippen LogP contribution in [-0.4, -0.2) is 10.9 Å². The first-order valence-corrected chi connectivity index (χ1v) is 7.02. The maximum Gasteiger partial charge on any atom is 0.247 e. The van der Waals surface area contributed by atoms with Gasteiger partial charge in [-0.2, -0.15) is 0 Å². The van der Waals surface area contributed by atoms with Gasteiger partial charge in [0.25, 0.3) is 0 Å². The molecular weight excluding hydrogens is 318 g/mol. The quantitative estimate of drug-likeness (QED) is 0.906. The van der Waals surface area contributed by atoms with Gasteiger partial charge in [-0.3, -0.25) is 4.79 Å². The van der Waals surface area contributed by atoms with E-state index in [1.54, 1.807) is 6.20 Å². The fraction of sp³-hybridized carbons (Fsp3) is 0.200. The van der Waals surface area contributed by atoms with Gasteiger partial charge in [0.05, 0.1) is 0 Å². The van der Waals surface area contributed by atoms with E-state index in [4.69, 9.17) is 5.73 Å². The van der Waals surface area contributed by atoms with E-state index in [0.29, 0.717) is 5.82 Å². The van der Waals surface area contributed by atoms with E-state index in [0.717, 1.165) is 21.2 Å². The van der Waals surface area contributed by atoms with Crippen LogP contribution in [0.1, 0.15) is 22.7 Å². The number of nitrogens with zero attached hydrogens (tertiary/aromatic N) is 1. The topological polar surface area (TPSA) is 68.0 Å². The van der Waals surface area contributed by atoms with Crippen LogP contribution in [0.25, 0.3) is 0 Å². The number of carbonyl (C=O) groups excluding carboxylic acids is 1. The van der Waals surface area contributed by atoms with Gasteiger partial charge in [-0.05, 0) is 47.0 Å². The minimum atomic E-state index is -0.708. The molecule has 1 unspecified atom stereocenters. The van der Waals surface area contributed by atoms with Gasteiger partial charge < -0.3 is 11.1 Å². The first kappa shape index (κ1) is 14.7. The zero-order valence-electron chi connectivity index (χ0n) is 11.4. The van der Waals surface area contributed by atoms with Gasteiger partial charge >= 0.3 is 0 Å². The van der Waals surface area contributed by atoms with Gasteiger partial charge in [0.15, 0.2) is 0 Å². The van der Waals surface area contributed by atoms with E-state index in [1.165, 1.54) is 0 Å². The molecule has 0 fully saturated rings. The lowest BCUT2D eigenvalue weighted by atomic mass is 10.1. The van der Waals surface area contributed by atoms with Crippen LogP contribution in [0.2, 0.25) is 0 Å². The minimum absolute atomic E-state index is 0.272. The Morgan fingerprint density at radius 3 is 2.55 bits per heavy atom. The fourth-order valence-electron chi connectivity index (χ4n) is 1.79. The van der Waals surface area contributed by atoms with Gasteiger partial charge in [0.1, 0.15) is 11.9 Å². The smallest absolute Gasteiger partial charge is 0.247 e. The summed E-state index contributed by atoms with van der Waals surface area (Å²) in [5.74, 6) is 0.257. The van der Waals surface area contributed by atoms with Crippen molar-refractivity contribution in [1.29, 1.82) is 0 Å². The van der Waals surface area contributed by atoms with E-state index in [9.17, 15) is 4.79 Å². The molecule has 0 spiro atoms. The Bertz CT molecular complexity index is 626. The molecule has 0 aliphatic heterocycles. The van der Waals surface area contributed by atoms with Crippen LogP contribution in [0.4, 0.5) is 5.82 Å². The summed E-state index contributed by atoms with van der Waals surface area (Å²) in [4.78, 5) is 16.3. The third-order valence-electron chi connectivity index (χ3n) is 3.01. The molecule has 0 saturated heterocycles. The van der Waals surface area contributed by atoms with E-state index in [2.05, 4.69) is 26.2 Å². The van der Waals surface area contributed by atoms with Crippen LogP contribution in [0.5, 0.6) is 0 Å². The second kappa shape index (κ2) is 6.15. The Balaban J connectivity index is 2.13. The number of aromatic nitrogens is 1. The molecule has 3 N–H and O–H groups in total. The number of hydrogen-bond donors (Lipinski definition) is 2. The SMILES string of the molecule is Cc1ccc(C(N)C(=O)Nc2ncc(Br)cc2C)cc1. The van der Waals surface area contributed by atoms with Crippen molar-refractivity contribution in [1.82, 2.24) is 4.98 Å². The van der Waals surface area contributed by atoms with E-state index >= 15 is 0 Å². The molecule has 1 atom stereocenters. The maximum absolute atomic E-state index is 12.1. The maximum atomic E-state index is 12.1. The van der Waals surface area contributed by atoms with E-state index < -0.39 is 6.04 Å². The number of rotatable bonds is 3. The predicted octanol–water partition coefficient (Wildman–Crippen LogP) is 3.10. The summed E-state index contributed by atoms with van der Waals surface area (Å²) in [6, 6.07) is 8.78. The summed E-state index contributed by atoms with van der Waals surface area (Å²) in [6.07, 6.45) is 1.64. The number of anilines is 1. The number of halogens is 1. The van der Waals surface area contributed by atoms with Crippen molar-refractivity contribution >= 4 is 27.7 Å². The summed E-state index contributed by atoms with van der Waals surface area (Å²) in [5.41, 5.74) is 8.76. The lowest BCUT2D eigenvalue weighted by molar-refractivity contribution is -0.117. The highest BCUT2D eigenvalue weighted by Gasteiger charge is 2.17. The van der Waals surface area contributed by atoms with Crippen molar-refractivity contribution in [3.05, 3.63) is 57.7 Å². The van der Waals surface area contributed by atoms with E-state index in [-0.39, 0.29) is 5.91 Å². The van der Waals surface area contributed by atoms with Crippen LogP contribution < -0.4 is 11.1 Å². The largest absolute Gasteiger partial charge is 0.316 e. The molecule has 5 heteroatoms. The van der Waals surface area contributed by atoms with Gasteiger partial charge in [-0.1, -0.05) is 29.8 Å². The van der Waals surface area contributed by atoms with Crippen LogP contribution in [-0.2, 0) is 4.79 Å². The number of benzene rings is 1. The first-order chi connectivity index (χ1) is 9.47. The van der Waals surface area contributed by atoms with Crippen LogP contribution >= 0.6 is 15.9 Å². The summed E-state index contributed by atoms with van der Waals surface area (Å²) in [5, 5.41) is 2.75. The first-order valence-electron chi connectivity index (χ1n) is 6.22. The number of nitrogens with two attached hydrogens (primary N) is 1. The normalized spacial score (nSPS) is 12.0. The average Bonchev–Trinajstić information content (AvgIpc) is 2.42. The lowest BCUT2D eigenvalue weighted by Gasteiger charge is -2.13. The highest BCUT2D eigenvalue weighted by Crippen LogP contribution is 2.19. The van der Waals surface area contributed by atoms with Gasteiger partial charge in [-0.25, -0.2) is 4.98 Å². The monoisotopic (exact) mass is 333 g/mol. The number of pyridine rings is 1. The highest BCUT2D eigenvalue weighted by atomic mass is 79.9. The average molecular weight is 334 g/mol. The molecule has 0 radical (unpaired) electrons. The Labute approximate surface area is 126 Å². The van der Waals surface area contributed by atoms with Crippen molar-refractivity contribution in [3.63, 3.8) is 0 Å². The van der Waals surface area contributed by atoms with Crippen molar-refractivity contribution in [2.24, 2.45) is 5.73 Å². The van der Waals surface area contributed by atoms with Crippen LogP contribution in [0.3, 0.4) is 0 Å². The molecule has 2 rings (SSSR count). The van der Waals surface area contributed by atoms with Crippen molar-refractivity contribution in [2.75, 3.05) is 5.32 Å². The van der Waals surface area contributed by atoms with E-state index in [1.807, 2.05) is 44.2 Å². The summed E-state index contributed by atoms with van der Waals surface area (Å²) < 4.78 is 0.871. The van der Waals surface area contributed by atoms with Gasteiger partial charge in [-0.15, -0.1) is 0 Å². The number of hydrogen-bond acceptors (Lipinski definition) is 3. The molecule has 1 amide bonds. The summed E-state index contributed by atoms with van der Waals surface area (Å²) >= 11 is 3.33. The van der Waals surface area contributed by atoms with Crippen molar-refractivity contribution in [2.45, 2.75) is 19.9 Å². The second-order valence-electron chi connectivity index (χ2n) is 4.70. The molecular formula is C15H16BrN3O. The Morgan fingerprint density at radius 1 is 1.30 bits per heavy atom. The third-order valence-corrected chi connectivity index (χ3v) is 3.44. The molecule has 104 valence electrons. The third kappa shape index (κ3) is 3.43. The standard InChI is InChI=1S/C15H16BrN3O/c1-9-3-5-11(6-4-9)13(17)15(20)19-14-10(2)7-12(16)8-18-14/h3-8,13H,17H2,1-2H3,(H,18,19,20). The highest BCUT2D eigenvalue weighted by molar-refractivity contribution is 9.10. The molecule has 1 aromatic heterocycles. The molecule has 1 aromatic carbocycles. The minimum Gasteiger partial charge on any atom is -0.316 e. The van der Waals surface area contributed by atoms with Crippen molar-refractivity contribution in [3.8, 4) is 0 Å². The van der Waals surface area contributed by atoms with Crippen molar-refractivity contribution < 1.29 is 4.79 Å². The molecule has 0 aliphatic carbocycles. The number of carbonyl (C=O) groups is 1. The summed E-state index contributed by atoms with van der Waals surface area (Å²) in [6.45, 7) is 3.87. The lowest BCUT2D eigenvalue weighted by Crippen LogP contribution is -2.28. The summed E-state index contributed by atoms with van der Waals surface area (Å²) in [7, 11) is 0. The zero-order valence-corrected chi connectivity index (χ0v) is 12.9. The molecule has 2 aromatic rings. The molecule has 0 saturated carbocycles. The molecule has 20 heavy (non-hydrogen) atoms. The number of amides is 1. The van der Waals surface area contributed by atoms with Gasteiger partial charge in [0, 0.05) is 10.7 Å². The van der Waals surface area contributed by atoms with Crippen LogP contribution in [0, 0.1) is 13.8 Å². The number of aryl methyl sites for hydroxylation is 2. The molecule has 0 aliphatic rings. The molecule has 0 bridgehead atoms. The Morgan fingerprint density at radius 2 is 1.95 bits per heavy atom. The van der Waals surface area contributed by atoms with Crippen LogP contribution in [0.15, 0.2) is 41.0 Å². The van der Waals surface area contributed by atoms with Gasteiger partial charge in [0.2, 0.25) is 5.91 Å². The molecule has 1 heterocycles. The zero-order chi connectivity index (χ0) is 14.7. The Kier molecular flexibility index (Phi) is 4.52. The number of nitrogens with one attached hydrogen (secondary N) is 1. The second-order valence-corrected chi connectivity index (χ2v) is 5.61. The predicted molar refractivity (Wildman–Crippen MR) is 83.4 cm³/mol. The molecule has 4 nitrogen and oxygen atoms in total. The Hall–Kier alpha value is -1.72. The fourth-order valence-corrected chi connectivity index (χ4v) is 2.24.